The number of ether oxygens (including phenoxy) is 5. The average Bonchev–Trinajstić information content (AvgIpc) is 3.10. The van der Waals surface area contributed by atoms with Crippen molar-refractivity contribution in [3.63, 3.8) is 0 Å². The summed E-state index contributed by atoms with van der Waals surface area (Å²) < 4.78 is 27.3. The quantitative estimate of drug-likeness (QED) is 0.206. The first-order chi connectivity index (χ1) is 22.5. The maximum absolute atomic E-state index is 9.25. The van der Waals surface area contributed by atoms with Crippen LogP contribution in [0.4, 0.5) is 23.5 Å². The lowest BCUT2D eigenvalue weighted by Gasteiger charge is -2.33. The Morgan fingerprint density at radius 3 is 1.78 bits per heavy atom. The minimum atomic E-state index is 0.206. The zero-order chi connectivity index (χ0) is 32.7. The van der Waals surface area contributed by atoms with E-state index in [2.05, 4.69) is 26.1 Å². The molecule has 1 aromatic carbocycles. The van der Waals surface area contributed by atoms with Gasteiger partial charge in [-0.3, -0.25) is 0 Å². The second kappa shape index (κ2) is 18.3. The third kappa shape index (κ3) is 9.34. The molecule has 46 heavy (non-hydrogen) atoms. The Kier molecular flexibility index (Phi) is 13.9. The van der Waals surface area contributed by atoms with Crippen molar-refractivity contribution in [1.82, 2.24) is 19.9 Å². The van der Waals surface area contributed by atoms with Crippen molar-refractivity contribution < 1.29 is 23.7 Å². The van der Waals surface area contributed by atoms with Gasteiger partial charge in [-0.2, -0.15) is 15.2 Å². The van der Waals surface area contributed by atoms with E-state index in [0.29, 0.717) is 93.5 Å². The smallest absolute Gasteiger partial charge is 0.228 e. The molecule has 1 aliphatic heterocycles. The van der Waals surface area contributed by atoms with Gasteiger partial charge in [-0.15, -0.1) is 0 Å². The molecule has 3 aromatic rings. The van der Waals surface area contributed by atoms with E-state index in [-0.39, 0.29) is 6.10 Å². The molecule has 0 aliphatic carbocycles. The largest absolute Gasteiger partial charge is 0.383 e. The van der Waals surface area contributed by atoms with E-state index in [0.717, 1.165) is 37.3 Å². The third-order valence-corrected chi connectivity index (χ3v) is 7.95. The molecule has 1 aliphatic rings. The van der Waals surface area contributed by atoms with Gasteiger partial charge in [-0.05, 0) is 30.5 Å². The third-order valence-electron chi connectivity index (χ3n) is 7.95. The first-order valence-electron chi connectivity index (χ1n) is 15.6. The molecule has 0 unspecified atom stereocenters. The summed E-state index contributed by atoms with van der Waals surface area (Å²) in [6.45, 7) is 6.36. The van der Waals surface area contributed by atoms with Gasteiger partial charge in [-0.1, -0.05) is 12.1 Å². The topological polar surface area (TPSA) is 143 Å². The highest BCUT2D eigenvalue weighted by Gasteiger charge is 2.27. The van der Waals surface area contributed by atoms with Gasteiger partial charge in [0.05, 0.1) is 44.2 Å². The number of benzene rings is 1. The lowest BCUT2D eigenvalue weighted by Crippen LogP contribution is -2.38. The SMILES string of the molecule is COCCN(CCOC)c1nc(N2CCC(OC)CC2)c2nc(N(CCOC)CCOC)nc(NCc3ccc(C#N)cc3)c2n1. The van der Waals surface area contributed by atoms with Gasteiger partial charge in [0.2, 0.25) is 11.9 Å². The molecular formula is C32H47N9O5. The molecule has 0 amide bonds. The summed E-state index contributed by atoms with van der Waals surface area (Å²) in [5.41, 5.74) is 2.88. The summed E-state index contributed by atoms with van der Waals surface area (Å²) in [5.74, 6) is 2.42. The number of nitrogens with one attached hydrogen (secondary N) is 1. The Labute approximate surface area is 271 Å². The molecule has 14 heteroatoms. The fourth-order valence-electron chi connectivity index (χ4n) is 5.22. The van der Waals surface area contributed by atoms with Crippen LogP contribution in [0.3, 0.4) is 0 Å². The van der Waals surface area contributed by atoms with E-state index in [4.69, 9.17) is 43.6 Å². The summed E-state index contributed by atoms with van der Waals surface area (Å²) in [7, 11) is 8.48. The van der Waals surface area contributed by atoms with Crippen LogP contribution < -0.4 is 20.0 Å². The van der Waals surface area contributed by atoms with Crippen LogP contribution >= 0.6 is 0 Å². The molecule has 0 radical (unpaired) electrons. The molecule has 1 N–H and O–H groups in total. The monoisotopic (exact) mass is 637 g/mol. The van der Waals surface area contributed by atoms with E-state index < -0.39 is 0 Å². The standard InChI is InChI=1S/C32H47N9O5/c1-42-18-14-40(15-19-43-2)31-36-28-27(29(37-31)34-23-25-8-6-24(22-33)7-9-25)35-32(41(16-20-44-3)17-21-45-4)38-30(28)39-12-10-26(46-5)11-13-39/h6-9,26H,10-21,23H2,1-5H3,(H,34,36,37). The average molecular weight is 638 g/mol. The van der Waals surface area contributed by atoms with Gasteiger partial charge < -0.3 is 43.7 Å². The number of fused-ring (bicyclic) bond motifs is 1. The predicted molar refractivity (Wildman–Crippen MR) is 178 cm³/mol. The minimum absolute atomic E-state index is 0.206. The van der Waals surface area contributed by atoms with E-state index in [9.17, 15) is 5.26 Å². The number of nitrogens with zero attached hydrogens (tertiary/aromatic N) is 8. The number of nitriles is 1. The number of piperidine rings is 1. The number of methoxy groups -OCH3 is 5. The zero-order valence-electron chi connectivity index (χ0n) is 27.7. The first-order valence-corrected chi connectivity index (χ1v) is 15.6. The van der Waals surface area contributed by atoms with E-state index in [1.165, 1.54) is 0 Å². The molecule has 14 nitrogen and oxygen atoms in total. The summed E-state index contributed by atoms with van der Waals surface area (Å²) in [6, 6.07) is 9.66. The van der Waals surface area contributed by atoms with E-state index in [1.54, 1.807) is 35.5 Å². The molecule has 1 saturated heterocycles. The number of hydrogen-bond donors (Lipinski definition) is 1. The van der Waals surface area contributed by atoms with Crippen LogP contribution in [0, 0.1) is 11.3 Å². The van der Waals surface area contributed by atoms with Gasteiger partial charge in [0.15, 0.2) is 11.6 Å². The van der Waals surface area contributed by atoms with Gasteiger partial charge in [0.1, 0.15) is 11.0 Å². The van der Waals surface area contributed by atoms with E-state index >= 15 is 0 Å². The highest BCUT2D eigenvalue weighted by Crippen LogP contribution is 2.33. The Hall–Kier alpha value is -3.87. The number of anilines is 4. The van der Waals surface area contributed by atoms with Crippen molar-refractivity contribution in [1.29, 1.82) is 5.26 Å². The van der Waals surface area contributed by atoms with Gasteiger partial charge in [0.25, 0.3) is 0 Å². The van der Waals surface area contributed by atoms with Crippen LogP contribution in [0.15, 0.2) is 24.3 Å². The van der Waals surface area contributed by atoms with Crippen LogP contribution in [-0.2, 0) is 30.2 Å². The van der Waals surface area contributed by atoms with Crippen LogP contribution in [0.5, 0.6) is 0 Å². The molecule has 3 heterocycles. The molecule has 0 atom stereocenters. The van der Waals surface area contributed by atoms with Crippen LogP contribution in [0.2, 0.25) is 0 Å². The van der Waals surface area contributed by atoms with Crippen LogP contribution in [0.25, 0.3) is 11.0 Å². The lowest BCUT2D eigenvalue weighted by molar-refractivity contribution is 0.0818. The number of rotatable bonds is 19. The normalized spacial score (nSPS) is 13.6. The molecule has 4 rings (SSSR count). The Morgan fingerprint density at radius 1 is 0.761 bits per heavy atom. The number of aromatic nitrogens is 4. The molecule has 0 bridgehead atoms. The van der Waals surface area contributed by atoms with Crippen LogP contribution in [-0.4, -0.2) is 127 Å². The molecule has 1 fully saturated rings. The summed E-state index contributed by atoms with van der Waals surface area (Å²) in [4.78, 5) is 26.8. The first kappa shape index (κ1) is 35.0. The zero-order valence-corrected chi connectivity index (χ0v) is 27.7. The van der Waals surface area contributed by atoms with E-state index in [1.807, 2.05) is 24.3 Å². The van der Waals surface area contributed by atoms with Gasteiger partial charge in [-0.25, -0.2) is 9.97 Å². The summed E-state index contributed by atoms with van der Waals surface area (Å²) in [5, 5.41) is 12.8. The second-order valence-corrected chi connectivity index (χ2v) is 10.9. The Balaban J connectivity index is 1.88. The van der Waals surface area contributed by atoms with Crippen molar-refractivity contribution in [2.45, 2.75) is 25.5 Å². The van der Waals surface area contributed by atoms with Crippen LogP contribution in [0.1, 0.15) is 24.0 Å². The predicted octanol–water partition coefficient (Wildman–Crippen LogP) is 2.72. The highest BCUT2D eigenvalue weighted by molar-refractivity contribution is 5.95. The number of hydrogen-bond acceptors (Lipinski definition) is 14. The highest BCUT2D eigenvalue weighted by atomic mass is 16.5. The maximum atomic E-state index is 9.25. The van der Waals surface area contributed by atoms with Crippen molar-refractivity contribution in [3.8, 4) is 6.07 Å². The van der Waals surface area contributed by atoms with Crippen molar-refractivity contribution in [3.05, 3.63) is 35.4 Å². The fourth-order valence-corrected chi connectivity index (χ4v) is 5.22. The molecule has 0 saturated carbocycles. The van der Waals surface area contributed by atoms with Crippen molar-refractivity contribution in [2.75, 3.05) is 121 Å². The molecule has 0 spiro atoms. The summed E-state index contributed by atoms with van der Waals surface area (Å²) >= 11 is 0. The van der Waals surface area contributed by atoms with Gasteiger partial charge >= 0.3 is 0 Å². The second-order valence-electron chi connectivity index (χ2n) is 10.9. The lowest BCUT2D eigenvalue weighted by atomic mass is 10.1. The van der Waals surface area contributed by atoms with Crippen molar-refractivity contribution >= 4 is 34.6 Å². The van der Waals surface area contributed by atoms with Crippen molar-refractivity contribution in [2.24, 2.45) is 0 Å². The molecule has 250 valence electrons. The molecular weight excluding hydrogens is 590 g/mol. The maximum Gasteiger partial charge on any atom is 0.228 e. The van der Waals surface area contributed by atoms with Gasteiger partial charge in [0, 0.05) is 81.4 Å². The fraction of sp³-hybridized carbons (Fsp3) is 0.594. The minimum Gasteiger partial charge on any atom is -0.383 e. The summed E-state index contributed by atoms with van der Waals surface area (Å²) in [6.07, 6.45) is 1.96. The Bertz CT molecular complexity index is 1380. The molecule has 2 aromatic heterocycles. The Morgan fingerprint density at radius 2 is 1.28 bits per heavy atom.